The Bertz CT molecular complexity index is 718. The van der Waals surface area contributed by atoms with E-state index in [0.29, 0.717) is 12.1 Å². The Hall–Kier alpha value is -1.87. The molecule has 0 saturated heterocycles. The minimum atomic E-state index is -0.146. The van der Waals surface area contributed by atoms with Crippen LogP contribution >= 0.6 is 11.3 Å². The molecule has 1 aromatic heterocycles. The van der Waals surface area contributed by atoms with Crippen molar-refractivity contribution >= 4 is 27.1 Å². The van der Waals surface area contributed by atoms with Gasteiger partial charge in [-0.25, -0.2) is 4.39 Å². The van der Waals surface area contributed by atoms with Gasteiger partial charge in [0.05, 0.1) is 0 Å². The molecule has 3 aromatic rings. The van der Waals surface area contributed by atoms with Crippen LogP contribution in [0.25, 0.3) is 10.1 Å². The molecule has 0 amide bonds. The first-order chi connectivity index (χ1) is 9.24. The van der Waals surface area contributed by atoms with Crippen LogP contribution in [0.3, 0.4) is 0 Å². The van der Waals surface area contributed by atoms with E-state index in [9.17, 15) is 4.39 Å². The van der Waals surface area contributed by atoms with E-state index in [-0.39, 0.29) is 5.82 Å². The maximum absolute atomic E-state index is 13.4. The van der Waals surface area contributed by atoms with Crippen LogP contribution in [0.15, 0.2) is 47.8 Å². The molecule has 0 atom stereocenters. The molecule has 3 rings (SSSR count). The summed E-state index contributed by atoms with van der Waals surface area (Å²) in [4.78, 5) is 0. The summed E-state index contributed by atoms with van der Waals surface area (Å²) in [5, 5.41) is 6.68. The molecular weight excluding hydrogens is 257 g/mol. The van der Waals surface area contributed by atoms with Gasteiger partial charge in [-0.1, -0.05) is 12.1 Å². The fourth-order valence-electron chi connectivity index (χ4n) is 2.12. The highest BCUT2D eigenvalue weighted by molar-refractivity contribution is 7.17. The number of thiophene rings is 1. The highest BCUT2D eigenvalue weighted by Crippen LogP contribution is 2.24. The third kappa shape index (κ3) is 2.47. The quantitative estimate of drug-likeness (QED) is 0.710. The molecule has 0 radical (unpaired) electrons. The minimum Gasteiger partial charge on any atom is -0.381 e. The summed E-state index contributed by atoms with van der Waals surface area (Å²) >= 11 is 1.74. The summed E-state index contributed by atoms with van der Waals surface area (Å²) in [6, 6.07) is 13.6. The predicted octanol–water partition coefficient (Wildman–Crippen LogP) is 4.96. The molecule has 0 aliphatic carbocycles. The maximum atomic E-state index is 13.4. The summed E-state index contributed by atoms with van der Waals surface area (Å²) in [6.45, 7) is 2.45. The lowest BCUT2D eigenvalue weighted by Gasteiger charge is -2.09. The Balaban J connectivity index is 1.80. The third-order valence-electron chi connectivity index (χ3n) is 3.32. The number of fused-ring (bicyclic) bond motifs is 1. The summed E-state index contributed by atoms with van der Waals surface area (Å²) in [5.74, 6) is -0.146. The number of halogens is 1. The smallest absolute Gasteiger partial charge is 0.126 e. The van der Waals surface area contributed by atoms with Gasteiger partial charge in [-0.2, -0.15) is 0 Å². The molecule has 19 heavy (non-hydrogen) atoms. The van der Waals surface area contributed by atoms with Gasteiger partial charge in [-0.05, 0) is 59.1 Å². The van der Waals surface area contributed by atoms with Crippen molar-refractivity contribution in [2.75, 3.05) is 5.32 Å². The standard InChI is InChI=1S/C16H14FNS/c1-11-13(3-2-4-15(11)17)10-18-14-5-6-16-12(9-14)7-8-19-16/h2-9,18H,10H2,1H3. The Morgan fingerprint density at radius 1 is 1.16 bits per heavy atom. The first-order valence-corrected chi connectivity index (χ1v) is 7.07. The van der Waals surface area contributed by atoms with E-state index in [0.717, 1.165) is 11.3 Å². The lowest BCUT2D eigenvalue weighted by atomic mass is 10.1. The van der Waals surface area contributed by atoms with Crippen molar-refractivity contribution in [2.24, 2.45) is 0 Å². The lowest BCUT2D eigenvalue weighted by molar-refractivity contribution is 0.616. The molecule has 1 nitrogen and oxygen atoms in total. The maximum Gasteiger partial charge on any atom is 0.126 e. The molecule has 0 bridgehead atoms. The van der Waals surface area contributed by atoms with Gasteiger partial charge in [-0.3, -0.25) is 0 Å². The largest absolute Gasteiger partial charge is 0.381 e. The summed E-state index contributed by atoms with van der Waals surface area (Å²) in [7, 11) is 0. The molecule has 0 aliphatic rings. The first kappa shape index (κ1) is 12.2. The van der Waals surface area contributed by atoms with Gasteiger partial charge in [0.2, 0.25) is 0 Å². The van der Waals surface area contributed by atoms with E-state index in [1.807, 2.05) is 13.0 Å². The fourth-order valence-corrected chi connectivity index (χ4v) is 2.89. The number of hydrogen-bond donors (Lipinski definition) is 1. The predicted molar refractivity (Wildman–Crippen MR) is 80.3 cm³/mol. The van der Waals surface area contributed by atoms with E-state index in [1.165, 1.54) is 16.2 Å². The van der Waals surface area contributed by atoms with Crippen molar-refractivity contribution in [2.45, 2.75) is 13.5 Å². The van der Waals surface area contributed by atoms with Gasteiger partial charge in [0, 0.05) is 16.9 Å². The van der Waals surface area contributed by atoms with Crippen molar-refractivity contribution in [3.63, 3.8) is 0 Å². The molecule has 0 aliphatic heterocycles. The van der Waals surface area contributed by atoms with E-state index < -0.39 is 0 Å². The Morgan fingerprint density at radius 2 is 2.05 bits per heavy atom. The SMILES string of the molecule is Cc1c(F)cccc1CNc1ccc2sccc2c1. The zero-order chi connectivity index (χ0) is 13.2. The normalized spacial score (nSPS) is 10.8. The zero-order valence-electron chi connectivity index (χ0n) is 10.6. The molecule has 1 N–H and O–H groups in total. The molecular formula is C16H14FNS. The van der Waals surface area contributed by atoms with E-state index in [4.69, 9.17) is 0 Å². The second-order valence-electron chi connectivity index (χ2n) is 4.55. The number of rotatable bonds is 3. The molecule has 0 spiro atoms. The average molecular weight is 271 g/mol. The number of anilines is 1. The van der Waals surface area contributed by atoms with Gasteiger partial charge in [0.25, 0.3) is 0 Å². The van der Waals surface area contributed by atoms with Crippen LogP contribution in [-0.4, -0.2) is 0 Å². The molecule has 0 unspecified atom stereocenters. The van der Waals surface area contributed by atoms with E-state index >= 15 is 0 Å². The van der Waals surface area contributed by atoms with Crippen LogP contribution in [0, 0.1) is 12.7 Å². The van der Waals surface area contributed by atoms with Crippen molar-refractivity contribution in [3.05, 3.63) is 64.8 Å². The number of nitrogens with one attached hydrogen (secondary N) is 1. The summed E-state index contributed by atoms with van der Waals surface area (Å²) in [6.07, 6.45) is 0. The monoisotopic (exact) mass is 271 g/mol. The van der Waals surface area contributed by atoms with Crippen LogP contribution in [0.1, 0.15) is 11.1 Å². The van der Waals surface area contributed by atoms with Crippen molar-refractivity contribution < 1.29 is 4.39 Å². The second-order valence-corrected chi connectivity index (χ2v) is 5.50. The highest BCUT2D eigenvalue weighted by Gasteiger charge is 2.03. The molecule has 0 saturated carbocycles. The molecule has 3 heteroatoms. The summed E-state index contributed by atoms with van der Waals surface area (Å²) in [5.41, 5.74) is 2.77. The van der Waals surface area contributed by atoms with Gasteiger partial charge in [-0.15, -0.1) is 11.3 Å². The molecule has 2 aromatic carbocycles. The van der Waals surface area contributed by atoms with Crippen molar-refractivity contribution in [1.82, 2.24) is 0 Å². The van der Waals surface area contributed by atoms with Gasteiger partial charge >= 0.3 is 0 Å². The van der Waals surface area contributed by atoms with E-state index in [2.05, 4.69) is 35.0 Å². The summed E-state index contributed by atoms with van der Waals surface area (Å²) < 4.78 is 14.7. The topological polar surface area (TPSA) is 12.0 Å². The van der Waals surface area contributed by atoms with Crippen molar-refractivity contribution in [1.29, 1.82) is 0 Å². The second kappa shape index (κ2) is 5.02. The minimum absolute atomic E-state index is 0.146. The van der Waals surface area contributed by atoms with Crippen LogP contribution in [0.5, 0.6) is 0 Å². The van der Waals surface area contributed by atoms with Crippen LogP contribution in [0.2, 0.25) is 0 Å². The van der Waals surface area contributed by atoms with Crippen LogP contribution in [-0.2, 0) is 6.54 Å². The van der Waals surface area contributed by atoms with Gasteiger partial charge in [0.1, 0.15) is 5.82 Å². The molecule has 0 fully saturated rings. The lowest BCUT2D eigenvalue weighted by Crippen LogP contribution is -2.02. The third-order valence-corrected chi connectivity index (χ3v) is 4.21. The van der Waals surface area contributed by atoms with Crippen LogP contribution in [0.4, 0.5) is 10.1 Å². The Labute approximate surface area is 115 Å². The highest BCUT2D eigenvalue weighted by atomic mass is 32.1. The van der Waals surface area contributed by atoms with E-state index in [1.54, 1.807) is 17.4 Å². The van der Waals surface area contributed by atoms with Crippen LogP contribution < -0.4 is 5.32 Å². The fraction of sp³-hybridized carbons (Fsp3) is 0.125. The first-order valence-electron chi connectivity index (χ1n) is 6.19. The van der Waals surface area contributed by atoms with Crippen molar-refractivity contribution in [3.8, 4) is 0 Å². The molecule has 1 heterocycles. The number of benzene rings is 2. The van der Waals surface area contributed by atoms with Gasteiger partial charge < -0.3 is 5.32 Å². The zero-order valence-corrected chi connectivity index (χ0v) is 11.4. The Kier molecular flexibility index (Phi) is 3.22. The molecule has 96 valence electrons. The van der Waals surface area contributed by atoms with Gasteiger partial charge in [0.15, 0.2) is 0 Å². The Morgan fingerprint density at radius 3 is 2.95 bits per heavy atom. The number of hydrogen-bond acceptors (Lipinski definition) is 2. The average Bonchev–Trinajstić information content (AvgIpc) is 2.88.